The predicted octanol–water partition coefficient (Wildman–Crippen LogP) is 3.07. The van der Waals surface area contributed by atoms with Crippen molar-refractivity contribution in [3.05, 3.63) is 59.7 Å². The summed E-state index contributed by atoms with van der Waals surface area (Å²) < 4.78 is 5.34. The van der Waals surface area contributed by atoms with E-state index in [1.807, 2.05) is 6.92 Å². The molecule has 7 heteroatoms. The van der Waals surface area contributed by atoms with E-state index in [4.69, 9.17) is 4.74 Å². The molecule has 0 aromatic heterocycles. The summed E-state index contributed by atoms with van der Waals surface area (Å²) >= 11 is 0. The third-order valence-electron chi connectivity index (χ3n) is 3.90. The van der Waals surface area contributed by atoms with Gasteiger partial charge in [0.15, 0.2) is 5.78 Å². The van der Waals surface area contributed by atoms with Gasteiger partial charge in [-0.1, -0.05) is 12.1 Å². The molecule has 0 saturated carbocycles. The van der Waals surface area contributed by atoms with Gasteiger partial charge in [0.2, 0.25) is 0 Å². The monoisotopic (exact) mass is 393 g/mol. The Labute approximate surface area is 164 Å². The topological polar surface area (TPSA) is 95.9 Å². The standard InChI is InChI=1S/C20H23NO5.ClH/c1-2-26-17-9-5-15(6-10-17)19(23)11-12-21-18(20(24)25)13-14-3-7-16(22)8-4-14;/h3-10,18,21-22H,2,11-13H2,1H3,(H,24,25);1H/t18-;/m0./s1. The Morgan fingerprint density at radius 1 is 1.07 bits per heavy atom. The lowest BCUT2D eigenvalue weighted by molar-refractivity contribution is -0.139. The number of aromatic hydroxyl groups is 1. The number of carbonyl (C=O) groups is 2. The van der Waals surface area contributed by atoms with Gasteiger partial charge in [0.1, 0.15) is 17.5 Å². The number of hydrogen-bond donors (Lipinski definition) is 3. The Morgan fingerprint density at radius 2 is 1.70 bits per heavy atom. The Hall–Kier alpha value is -2.57. The molecule has 27 heavy (non-hydrogen) atoms. The number of ketones is 1. The van der Waals surface area contributed by atoms with Gasteiger partial charge in [-0.15, -0.1) is 12.4 Å². The van der Waals surface area contributed by atoms with Crippen LogP contribution in [0.4, 0.5) is 0 Å². The molecule has 2 aromatic carbocycles. The van der Waals surface area contributed by atoms with Crippen LogP contribution in [-0.2, 0) is 11.2 Å². The summed E-state index contributed by atoms with van der Waals surface area (Å²) in [6, 6.07) is 12.5. The van der Waals surface area contributed by atoms with Crippen molar-refractivity contribution < 1.29 is 24.5 Å². The zero-order chi connectivity index (χ0) is 18.9. The molecule has 0 radical (unpaired) electrons. The van der Waals surface area contributed by atoms with E-state index in [1.54, 1.807) is 36.4 Å². The molecule has 3 N–H and O–H groups in total. The lowest BCUT2D eigenvalue weighted by atomic mass is 10.0. The van der Waals surface area contributed by atoms with Crippen LogP contribution in [0.15, 0.2) is 48.5 Å². The van der Waals surface area contributed by atoms with Crippen molar-refractivity contribution in [2.75, 3.05) is 13.2 Å². The van der Waals surface area contributed by atoms with Gasteiger partial charge in [-0.25, -0.2) is 0 Å². The zero-order valence-electron chi connectivity index (χ0n) is 15.1. The lowest BCUT2D eigenvalue weighted by Crippen LogP contribution is -2.39. The molecule has 0 spiro atoms. The highest BCUT2D eigenvalue weighted by atomic mass is 35.5. The number of carboxylic acids is 1. The Balaban J connectivity index is 0.00000364. The third-order valence-corrected chi connectivity index (χ3v) is 3.90. The van der Waals surface area contributed by atoms with Crippen LogP contribution in [-0.4, -0.2) is 41.2 Å². The lowest BCUT2D eigenvalue weighted by Gasteiger charge is -2.14. The maximum absolute atomic E-state index is 12.2. The molecular formula is C20H24ClNO5. The van der Waals surface area contributed by atoms with Crippen LogP contribution in [0.5, 0.6) is 11.5 Å². The van der Waals surface area contributed by atoms with Gasteiger partial charge in [0.05, 0.1) is 6.61 Å². The van der Waals surface area contributed by atoms with E-state index in [2.05, 4.69) is 5.32 Å². The highest BCUT2D eigenvalue weighted by molar-refractivity contribution is 5.96. The molecule has 1 atom stereocenters. The molecule has 0 heterocycles. The number of phenols is 1. The van der Waals surface area contributed by atoms with Crippen LogP contribution in [0.3, 0.4) is 0 Å². The van der Waals surface area contributed by atoms with Gasteiger partial charge in [-0.05, 0) is 55.3 Å². The predicted molar refractivity (Wildman–Crippen MR) is 105 cm³/mol. The van der Waals surface area contributed by atoms with Crippen LogP contribution in [0, 0.1) is 0 Å². The average Bonchev–Trinajstić information content (AvgIpc) is 2.63. The fourth-order valence-corrected chi connectivity index (χ4v) is 2.52. The number of carbonyl (C=O) groups excluding carboxylic acids is 1. The molecule has 0 fully saturated rings. The second kappa shape index (κ2) is 11.2. The van der Waals surface area contributed by atoms with E-state index in [9.17, 15) is 19.8 Å². The maximum atomic E-state index is 12.2. The minimum Gasteiger partial charge on any atom is -0.508 e. The van der Waals surface area contributed by atoms with Gasteiger partial charge in [-0.2, -0.15) is 0 Å². The smallest absolute Gasteiger partial charge is 0.321 e. The molecule has 6 nitrogen and oxygen atoms in total. The Kier molecular flexibility index (Phi) is 9.33. The van der Waals surface area contributed by atoms with E-state index in [0.717, 1.165) is 5.56 Å². The first-order valence-electron chi connectivity index (χ1n) is 8.49. The first-order chi connectivity index (χ1) is 12.5. The molecule has 0 bridgehead atoms. The van der Waals surface area contributed by atoms with Crippen LogP contribution in [0.2, 0.25) is 0 Å². The van der Waals surface area contributed by atoms with Crippen LogP contribution < -0.4 is 10.1 Å². The van der Waals surface area contributed by atoms with Gasteiger partial charge >= 0.3 is 5.97 Å². The summed E-state index contributed by atoms with van der Waals surface area (Å²) in [6.45, 7) is 2.72. The van der Waals surface area contributed by atoms with Crippen molar-refractivity contribution in [1.82, 2.24) is 5.32 Å². The molecule has 2 rings (SSSR count). The van der Waals surface area contributed by atoms with Gasteiger partial charge in [-0.3, -0.25) is 9.59 Å². The number of halogens is 1. The Bertz CT molecular complexity index is 731. The van der Waals surface area contributed by atoms with E-state index < -0.39 is 12.0 Å². The van der Waals surface area contributed by atoms with E-state index in [1.165, 1.54) is 12.1 Å². The fourth-order valence-electron chi connectivity index (χ4n) is 2.52. The minimum absolute atomic E-state index is 0. The number of benzene rings is 2. The number of rotatable bonds is 10. The second-order valence-corrected chi connectivity index (χ2v) is 5.85. The molecule has 146 valence electrons. The first-order valence-corrected chi connectivity index (χ1v) is 8.49. The molecule has 0 aliphatic rings. The van der Waals surface area contributed by atoms with Gasteiger partial charge in [0, 0.05) is 18.5 Å². The van der Waals surface area contributed by atoms with Gasteiger partial charge in [0.25, 0.3) is 0 Å². The highest BCUT2D eigenvalue weighted by Gasteiger charge is 2.18. The molecule has 2 aromatic rings. The number of ether oxygens (including phenoxy) is 1. The number of phenolic OH excluding ortho intramolecular Hbond substituents is 1. The van der Waals surface area contributed by atoms with Crippen molar-refractivity contribution in [3.8, 4) is 11.5 Å². The summed E-state index contributed by atoms with van der Waals surface area (Å²) in [4.78, 5) is 23.6. The van der Waals surface area contributed by atoms with E-state index in [0.29, 0.717) is 17.9 Å². The van der Waals surface area contributed by atoms with Crippen molar-refractivity contribution in [2.24, 2.45) is 0 Å². The zero-order valence-corrected chi connectivity index (χ0v) is 15.9. The second-order valence-electron chi connectivity index (χ2n) is 5.85. The summed E-state index contributed by atoms with van der Waals surface area (Å²) in [5, 5.41) is 21.5. The summed E-state index contributed by atoms with van der Waals surface area (Å²) in [6.07, 6.45) is 0.472. The number of aliphatic carboxylic acids is 1. The molecule has 0 aliphatic heterocycles. The summed E-state index contributed by atoms with van der Waals surface area (Å²) in [5.74, 6) is -0.197. The molecule has 0 amide bonds. The molecule has 0 unspecified atom stereocenters. The van der Waals surface area contributed by atoms with Crippen molar-refractivity contribution in [1.29, 1.82) is 0 Å². The van der Waals surface area contributed by atoms with Gasteiger partial charge < -0.3 is 20.3 Å². The van der Waals surface area contributed by atoms with E-state index >= 15 is 0 Å². The highest BCUT2D eigenvalue weighted by Crippen LogP contribution is 2.14. The normalized spacial score (nSPS) is 11.3. The molecule has 0 saturated heterocycles. The van der Waals surface area contributed by atoms with Crippen LogP contribution in [0.25, 0.3) is 0 Å². The number of hydrogen-bond acceptors (Lipinski definition) is 5. The minimum atomic E-state index is -0.980. The molecular weight excluding hydrogens is 370 g/mol. The van der Waals surface area contributed by atoms with Crippen molar-refractivity contribution in [2.45, 2.75) is 25.8 Å². The number of carboxylic acid groups (broad SMARTS) is 1. The Morgan fingerprint density at radius 3 is 2.26 bits per heavy atom. The third kappa shape index (κ3) is 7.29. The van der Waals surface area contributed by atoms with Crippen LogP contribution >= 0.6 is 12.4 Å². The maximum Gasteiger partial charge on any atom is 0.321 e. The van der Waals surface area contributed by atoms with E-state index in [-0.39, 0.29) is 43.3 Å². The van der Waals surface area contributed by atoms with Crippen molar-refractivity contribution in [3.63, 3.8) is 0 Å². The quantitative estimate of drug-likeness (QED) is 0.537. The SMILES string of the molecule is CCOc1ccc(C(=O)CCN[C@@H](Cc2ccc(O)cc2)C(=O)O)cc1.Cl. The fraction of sp³-hybridized carbons (Fsp3) is 0.300. The average molecular weight is 394 g/mol. The largest absolute Gasteiger partial charge is 0.508 e. The van der Waals surface area contributed by atoms with Crippen LogP contribution in [0.1, 0.15) is 29.3 Å². The summed E-state index contributed by atoms with van der Waals surface area (Å²) in [7, 11) is 0. The number of nitrogens with one attached hydrogen (secondary N) is 1. The van der Waals surface area contributed by atoms with Crippen molar-refractivity contribution >= 4 is 24.2 Å². The molecule has 0 aliphatic carbocycles. The summed E-state index contributed by atoms with van der Waals surface area (Å²) in [5.41, 5.74) is 1.36. The first kappa shape index (κ1) is 22.5. The number of Topliss-reactive ketones (excluding diaryl/α,β-unsaturated/α-hetero) is 1.